The van der Waals surface area contributed by atoms with Crippen LogP contribution in [0.4, 0.5) is 0 Å². The van der Waals surface area contributed by atoms with Crippen molar-refractivity contribution < 1.29 is 14.3 Å². The number of hydrogen-bond donors (Lipinski definition) is 2. The lowest BCUT2D eigenvalue weighted by Crippen LogP contribution is -2.26. The first kappa shape index (κ1) is 21.1. The van der Waals surface area contributed by atoms with E-state index in [1.165, 1.54) is 4.57 Å². The maximum Gasteiger partial charge on any atom is 0.261 e. The average Bonchev–Trinajstić information content (AvgIpc) is 2.72. The van der Waals surface area contributed by atoms with Crippen molar-refractivity contribution in [1.29, 1.82) is 0 Å². The van der Waals surface area contributed by atoms with E-state index in [2.05, 4.69) is 26.2 Å². The molecule has 0 spiro atoms. The quantitative estimate of drug-likeness (QED) is 0.531. The van der Waals surface area contributed by atoms with Crippen LogP contribution in [0.15, 0.2) is 39.6 Å². The van der Waals surface area contributed by atoms with Crippen LogP contribution < -0.4 is 20.3 Å². The van der Waals surface area contributed by atoms with Crippen LogP contribution in [0.25, 0.3) is 10.9 Å². The fourth-order valence-electron chi connectivity index (χ4n) is 2.95. The molecular weight excluding hydrogens is 458 g/mol. The molecule has 9 heteroatoms. The summed E-state index contributed by atoms with van der Waals surface area (Å²) >= 11 is 8.65. The Hall–Kier alpha value is -2.65. The van der Waals surface area contributed by atoms with E-state index < -0.39 is 0 Å². The maximum atomic E-state index is 12.5. The Bertz CT molecular complexity index is 1200. The minimum atomic E-state index is -0.233. The van der Waals surface area contributed by atoms with Crippen LogP contribution in [-0.4, -0.2) is 36.2 Å². The van der Waals surface area contributed by atoms with E-state index in [-0.39, 0.29) is 11.5 Å². The number of benzene rings is 2. The number of H-pyrrole nitrogens is 1. The van der Waals surface area contributed by atoms with E-state index in [1.807, 2.05) is 12.1 Å². The van der Waals surface area contributed by atoms with E-state index in [9.17, 15) is 9.59 Å². The normalized spacial score (nSPS) is 10.8. The van der Waals surface area contributed by atoms with Crippen molar-refractivity contribution in [2.75, 3.05) is 20.8 Å². The first-order valence-corrected chi connectivity index (χ1v) is 9.97. The number of amides is 1. The molecular formula is C20H20BrN3O4S. The lowest BCUT2D eigenvalue weighted by atomic mass is 10.1. The predicted octanol–water partition coefficient (Wildman–Crippen LogP) is 3.35. The number of ether oxygens (including phenoxy) is 2. The topological polar surface area (TPSA) is 85.4 Å². The Morgan fingerprint density at radius 3 is 2.59 bits per heavy atom. The molecule has 0 fully saturated rings. The van der Waals surface area contributed by atoms with Crippen LogP contribution >= 0.6 is 28.1 Å². The Labute approximate surface area is 180 Å². The van der Waals surface area contributed by atoms with Crippen LogP contribution in [0.3, 0.4) is 0 Å². The van der Waals surface area contributed by atoms with Crippen LogP contribution in [0.5, 0.6) is 11.5 Å². The van der Waals surface area contributed by atoms with E-state index in [0.29, 0.717) is 45.7 Å². The van der Waals surface area contributed by atoms with Gasteiger partial charge in [-0.1, -0.05) is 15.9 Å². The maximum absolute atomic E-state index is 12.5. The van der Waals surface area contributed by atoms with Gasteiger partial charge in [-0.2, -0.15) is 0 Å². The van der Waals surface area contributed by atoms with Crippen LogP contribution in [0, 0.1) is 4.77 Å². The summed E-state index contributed by atoms with van der Waals surface area (Å²) in [5.74, 6) is 1.03. The summed E-state index contributed by atoms with van der Waals surface area (Å²) < 4.78 is 13.1. The minimum Gasteiger partial charge on any atom is -0.493 e. The van der Waals surface area contributed by atoms with Gasteiger partial charge in [0, 0.05) is 23.6 Å². The summed E-state index contributed by atoms with van der Waals surface area (Å²) in [6.45, 7) is 0.428. The molecule has 2 aromatic carbocycles. The predicted molar refractivity (Wildman–Crippen MR) is 118 cm³/mol. The second kappa shape index (κ2) is 8.79. The van der Waals surface area contributed by atoms with Gasteiger partial charge < -0.3 is 19.8 Å². The van der Waals surface area contributed by atoms with Gasteiger partial charge in [-0.3, -0.25) is 14.2 Å². The SMILES string of the molecule is COc1cc(Br)c(CCNC(=O)c2ccc3c(=O)n(C)c(=S)[nH]c3c2)cc1OC. The molecule has 1 heterocycles. The fraction of sp³-hybridized carbons (Fsp3) is 0.250. The number of nitrogens with one attached hydrogen (secondary N) is 2. The second-order valence-electron chi connectivity index (χ2n) is 6.36. The van der Waals surface area contributed by atoms with Gasteiger partial charge in [0.15, 0.2) is 16.3 Å². The summed E-state index contributed by atoms with van der Waals surface area (Å²) in [5.41, 5.74) is 1.76. The van der Waals surface area contributed by atoms with Crippen molar-refractivity contribution in [3.63, 3.8) is 0 Å². The zero-order chi connectivity index (χ0) is 21.1. The van der Waals surface area contributed by atoms with Crippen molar-refractivity contribution in [3.05, 3.63) is 61.1 Å². The number of carbonyl (C=O) groups excluding carboxylic acids is 1. The number of hydrogen-bond acceptors (Lipinski definition) is 5. The lowest BCUT2D eigenvalue weighted by molar-refractivity contribution is 0.0954. The van der Waals surface area contributed by atoms with Crippen LogP contribution in [-0.2, 0) is 13.5 Å². The van der Waals surface area contributed by atoms with Gasteiger partial charge >= 0.3 is 0 Å². The number of rotatable bonds is 6. The fourth-order valence-corrected chi connectivity index (χ4v) is 3.66. The third kappa shape index (κ3) is 4.35. The van der Waals surface area contributed by atoms with E-state index in [4.69, 9.17) is 21.7 Å². The van der Waals surface area contributed by atoms with E-state index in [0.717, 1.165) is 10.0 Å². The highest BCUT2D eigenvalue weighted by Gasteiger charge is 2.12. The minimum absolute atomic E-state index is 0.200. The zero-order valence-electron chi connectivity index (χ0n) is 16.2. The largest absolute Gasteiger partial charge is 0.493 e. The molecule has 0 radical (unpaired) electrons. The summed E-state index contributed by atoms with van der Waals surface area (Å²) in [4.78, 5) is 27.7. The van der Waals surface area contributed by atoms with E-state index >= 15 is 0 Å². The lowest BCUT2D eigenvalue weighted by Gasteiger charge is -2.12. The third-order valence-corrected chi connectivity index (χ3v) is 5.71. The average molecular weight is 478 g/mol. The Morgan fingerprint density at radius 2 is 1.90 bits per heavy atom. The number of fused-ring (bicyclic) bond motifs is 1. The van der Waals surface area contributed by atoms with Crippen molar-refractivity contribution in [2.24, 2.45) is 7.05 Å². The summed E-state index contributed by atoms with van der Waals surface area (Å²) in [7, 11) is 4.76. The Morgan fingerprint density at radius 1 is 1.21 bits per heavy atom. The van der Waals surface area contributed by atoms with Crippen molar-refractivity contribution in [3.8, 4) is 11.5 Å². The van der Waals surface area contributed by atoms with E-state index in [1.54, 1.807) is 39.5 Å². The molecule has 29 heavy (non-hydrogen) atoms. The first-order chi connectivity index (χ1) is 13.8. The molecule has 1 aromatic heterocycles. The molecule has 0 unspecified atom stereocenters. The highest BCUT2D eigenvalue weighted by Crippen LogP contribution is 2.33. The molecule has 0 saturated heterocycles. The number of carbonyl (C=O) groups is 1. The molecule has 1 amide bonds. The monoisotopic (exact) mass is 477 g/mol. The highest BCUT2D eigenvalue weighted by molar-refractivity contribution is 9.10. The first-order valence-electron chi connectivity index (χ1n) is 8.77. The molecule has 0 aliphatic carbocycles. The molecule has 0 aliphatic heterocycles. The van der Waals surface area contributed by atoms with Crippen LogP contribution in [0.1, 0.15) is 15.9 Å². The van der Waals surface area contributed by atoms with Gasteiger partial charge in [-0.05, 0) is 54.5 Å². The molecule has 0 atom stereocenters. The van der Waals surface area contributed by atoms with Gasteiger partial charge in [0.25, 0.3) is 11.5 Å². The zero-order valence-corrected chi connectivity index (χ0v) is 18.6. The smallest absolute Gasteiger partial charge is 0.261 e. The van der Waals surface area contributed by atoms with Gasteiger partial charge in [-0.25, -0.2) is 0 Å². The number of aromatic nitrogens is 2. The summed E-state index contributed by atoms with van der Waals surface area (Å²) in [6, 6.07) is 8.60. The molecule has 0 bridgehead atoms. The highest BCUT2D eigenvalue weighted by atomic mass is 79.9. The molecule has 3 rings (SSSR count). The number of halogens is 1. The van der Waals surface area contributed by atoms with Gasteiger partial charge in [0.1, 0.15) is 0 Å². The molecule has 152 valence electrons. The molecule has 2 N–H and O–H groups in total. The van der Waals surface area contributed by atoms with Crippen molar-refractivity contribution >= 4 is 45.0 Å². The Kier molecular flexibility index (Phi) is 6.39. The number of methoxy groups -OCH3 is 2. The molecule has 0 saturated carbocycles. The van der Waals surface area contributed by atoms with Gasteiger partial charge in [-0.15, -0.1) is 0 Å². The molecule has 7 nitrogen and oxygen atoms in total. The summed E-state index contributed by atoms with van der Waals surface area (Å²) in [5, 5.41) is 3.37. The molecule has 3 aromatic rings. The third-order valence-electron chi connectivity index (χ3n) is 4.60. The second-order valence-corrected chi connectivity index (χ2v) is 7.60. The van der Waals surface area contributed by atoms with Gasteiger partial charge in [0.05, 0.1) is 25.1 Å². The number of aromatic amines is 1. The Balaban J connectivity index is 1.74. The summed E-state index contributed by atoms with van der Waals surface area (Å²) in [6.07, 6.45) is 0.600. The molecule has 0 aliphatic rings. The standard InChI is InChI=1S/C20H20BrN3O4S/c1-24-19(26)13-5-4-12(8-15(13)23-20(24)29)18(25)22-7-6-11-9-16(27-2)17(28-3)10-14(11)21/h4-5,8-10H,6-7H2,1-3H3,(H,22,25)(H,23,29). The van der Waals surface area contributed by atoms with Gasteiger partial charge in [0.2, 0.25) is 0 Å². The van der Waals surface area contributed by atoms with Crippen molar-refractivity contribution in [2.45, 2.75) is 6.42 Å². The number of nitrogens with zero attached hydrogens (tertiary/aromatic N) is 1. The van der Waals surface area contributed by atoms with Crippen molar-refractivity contribution in [1.82, 2.24) is 14.9 Å². The van der Waals surface area contributed by atoms with Crippen LogP contribution in [0.2, 0.25) is 0 Å².